The summed E-state index contributed by atoms with van der Waals surface area (Å²) >= 11 is 0. The molecule has 1 unspecified atom stereocenters. The van der Waals surface area contributed by atoms with Gasteiger partial charge in [0.1, 0.15) is 5.56 Å². The minimum Gasteiger partial charge on any atom is -0.343 e. The van der Waals surface area contributed by atoms with Crippen LogP contribution in [0.15, 0.2) is 65.6 Å². The molecule has 5 nitrogen and oxygen atoms in total. The van der Waals surface area contributed by atoms with Crippen LogP contribution in [0.2, 0.25) is 0 Å². The highest BCUT2D eigenvalue weighted by Crippen LogP contribution is 2.17. The number of nitrogens with zero attached hydrogens (tertiary/aromatic N) is 1. The molecule has 0 aliphatic heterocycles. The molecule has 0 bridgehead atoms. The molecule has 2 aromatic heterocycles. The summed E-state index contributed by atoms with van der Waals surface area (Å²) < 4.78 is 0. The number of rotatable bonds is 5. The van der Waals surface area contributed by atoms with E-state index in [1.165, 1.54) is 5.56 Å². The van der Waals surface area contributed by atoms with Crippen molar-refractivity contribution in [3.8, 4) is 0 Å². The van der Waals surface area contributed by atoms with Gasteiger partial charge in [-0.05, 0) is 50.1 Å². The first-order valence-corrected chi connectivity index (χ1v) is 8.50. The van der Waals surface area contributed by atoms with Gasteiger partial charge in [0.15, 0.2) is 0 Å². The second-order valence-electron chi connectivity index (χ2n) is 6.35. The summed E-state index contributed by atoms with van der Waals surface area (Å²) in [7, 11) is 0. The van der Waals surface area contributed by atoms with E-state index in [1.54, 1.807) is 25.3 Å². The Morgan fingerprint density at radius 3 is 2.50 bits per heavy atom. The molecule has 0 radical (unpaired) electrons. The summed E-state index contributed by atoms with van der Waals surface area (Å²) in [4.78, 5) is 31.7. The lowest BCUT2D eigenvalue weighted by Gasteiger charge is -2.18. The van der Waals surface area contributed by atoms with Crippen molar-refractivity contribution in [2.45, 2.75) is 26.3 Å². The van der Waals surface area contributed by atoms with Crippen LogP contribution in [0, 0.1) is 13.8 Å². The zero-order valence-corrected chi connectivity index (χ0v) is 14.8. The number of aromatic nitrogens is 2. The van der Waals surface area contributed by atoms with Crippen molar-refractivity contribution in [3.63, 3.8) is 0 Å². The standard InChI is InChI=1S/C21H21N3O2/c1-14-6-9-16(10-7-14)13-19(18-5-3-4-12-22-18)24-21(26)17-11-8-15(2)23-20(17)25/h3-12,19H,13H2,1-2H3,(H,23,25)(H,24,26). The van der Waals surface area contributed by atoms with Gasteiger partial charge in [0.2, 0.25) is 0 Å². The summed E-state index contributed by atoms with van der Waals surface area (Å²) in [5.74, 6) is -0.408. The van der Waals surface area contributed by atoms with E-state index in [-0.39, 0.29) is 11.6 Å². The number of carbonyl (C=O) groups excluding carboxylic acids is 1. The Morgan fingerprint density at radius 1 is 1.08 bits per heavy atom. The van der Waals surface area contributed by atoms with Crippen molar-refractivity contribution in [1.29, 1.82) is 0 Å². The molecule has 1 aromatic carbocycles. The molecule has 0 spiro atoms. The van der Waals surface area contributed by atoms with Gasteiger partial charge in [-0.2, -0.15) is 0 Å². The third-order valence-corrected chi connectivity index (χ3v) is 4.21. The minimum absolute atomic E-state index is 0.0976. The van der Waals surface area contributed by atoms with Crippen molar-refractivity contribution in [1.82, 2.24) is 15.3 Å². The van der Waals surface area contributed by atoms with Gasteiger partial charge >= 0.3 is 0 Å². The van der Waals surface area contributed by atoms with E-state index in [4.69, 9.17) is 0 Å². The Hall–Kier alpha value is -3.21. The van der Waals surface area contributed by atoms with Gasteiger partial charge in [0.05, 0.1) is 11.7 Å². The lowest BCUT2D eigenvalue weighted by atomic mass is 10.0. The van der Waals surface area contributed by atoms with Crippen molar-refractivity contribution >= 4 is 5.91 Å². The number of hydrogen-bond acceptors (Lipinski definition) is 3. The van der Waals surface area contributed by atoms with Crippen molar-refractivity contribution in [2.24, 2.45) is 0 Å². The molecule has 1 amide bonds. The molecule has 5 heteroatoms. The SMILES string of the molecule is Cc1ccc(CC(NC(=O)c2ccc(C)[nH]c2=O)c2ccccn2)cc1. The van der Waals surface area contributed by atoms with Crippen LogP contribution in [0.5, 0.6) is 0 Å². The average molecular weight is 347 g/mol. The number of amides is 1. The Kier molecular flexibility index (Phi) is 5.27. The summed E-state index contributed by atoms with van der Waals surface area (Å²) in [6.07, 6.45) is 2.29. The van der Waals surface area contributed by atoms with E-state index in [1.807, 2.05) is 49.4 Å². The lowest BCUT2D eigenvalue weighted by molar-refractivity contribution is 0.0934. The molecule has 2 heterocycles. The largest absolute Gasteiger partial charge is 0.343 e. The van der Waals surface area contributed by atoms with E-state index in [2.05, 4.69) is 15.3 Å². The quantitative estimate of drug-likeness (QED) is 0.745. The Labute approximate surface area is 152 Å². The maximum atomic E-state index is 12.6. The van der Waals surface area contributed by atoms with Crippen LogP contribution >= 0.6 is 0 Å². The molecule has 0 saturated carbocycles. The fraction of sp³-hybridized carbons (Fsp3) is 0.190. The summed E-state index contributed by atoms with van der Waals surface area (Å²) in [5, 5.41) is 2.95. The molecule has 0 fully saturated rings. The van der Waals surface area contributed by atoms with E-state index >= 15 is 0 Å². The zero-order valence-electron chi connectivity index (χ0n) is 14.8. The second kappa shape index (κ2) is 7.78. The maximum absolute atomic E-state index is 12.6. The van der Waals surface area contributed by atoms with Crippen LogP contribution in [0.1, 0.15) is 38.9 Å². The van der Waals surface area contributed by atoms with Crippen molar-refractivity contribution in [3.05, 3.63) is 99.2 Å². The Bertz CT molecular complexity index is 947. The first kappa shape index (κ1) is 17.6. The average Bonchev–Trinajstić information content (AvgIpc) is 2.63. The maximum Gasteiger partial charge on any atom is 0.260 e. The smallest absolute Gasteiger partial charge is 0.260 e. The molecule has 0 saturated heterocycles. The summed E-state index contributed by atoms with van der Waals surface area (Å²) in [5.41, 5.74) is 3.44. The van der Waals surface area contributed by atoms with Crippen LogP contribution < -0.4 is 10.9 Å². The molecule has 0 aliphatic carbocycles. The second-order valence-corrected chi connectivity index (χ2v) is 6.35. The van der Waals surface area contributed by atoms with E-state index in [0.717, 1.165) is 11.3 Å². The number of nitrogens with one attached hydrogen (secondary N) is 2. The van der Waals surface area contributed by atoms with E-state index in [0.29, 0.717) is 12.1 Å². The van der Waals surface area contributed by atoms with Crippen LogP contribution in [-0.2, 0) is 6.42 Å². The lowest BCUT2D eigenvalue weighted by Crippen LogP contribution is -2.34. The fourth-order valence-corrected chi connectivity index (χ4v) is 2.76. The van der Waals surface area contributed by atoms with Crippen LogP contribution in [-0.4, -0.2) is 15.9 Å². The Balaban J connectivity index is 1.87. The molecule has 2 N–H and O–H groups in total. The van der Waals surface area contributed by atoms with Crippen molar-refractivity contribution < 1.29 is 4.79 Å². The fourth-order valence-electron chi connectivity index (χ4n) is 2.76. The van der Waals surface area contributed by atoms with Gasteiger partial charge in [-0.3, -0.25) is 14.6 Å². The molecule has 0 aliphatic rings. The van der Waals surface area contributed by atoms with Gasteiger partial charge in [-0.1, -0.05) is 35.9 Å². The molecule has 3 rings (SSSR count). The van der Waals surface area contributed by atoms with Gasteiger partial charge in [0, 0.05) is 11.9 Å². The number of benzene rings is 1. The van der Waals surface area contributed by atoms with Gasteiger partial charge in [-0.25, -0.2) is 0 Å². The highest BCUT2D eigenvalue weighted by molar-refractivity contribution is 5.94. The van der Waals surface area contributed by atoms with Crippen LogP contribution in [0.4, 0.5) is 0 Å². The first-order chi connectivity index (χ1) is 12.5. The third kappa shape index (κ3) is 4.25. The molecule has 26 heavy (non-hydrogen) atoms. The topological polar surface area (TPSA) is 74.8 Å². The van der Waals surface area contributed by atoms with Crippen LogP contribution in [0.25, 0.3) is 0 Å². The number of carbonyl (C=O) groups is 1. The number of hydrogen-bond donors (Lipinski definition) is 2. The van der Waals surface area contributed by atoms with Gasteiger partial charge < -0.3 is 10.3 Å². The third-order valence-electron chi connectivity index (χ3n) is 4.21. The summed E-state index contributed by atoms with van der Waals surface area (Å²) in [6.45, 7) is 3.81. The number of aromatic amines is 1. The van der Waals surface area contributed by atoms with Gasteiger partial charge in [-0.15, -0.1) is 0 Å². The summed E-state index contributed by atoms with van der Waals surface area (Å²) in [6, 6.07) is 16.7. The molecule has 1 atom stereocenters. The monoisotopic (exact) mass is 347 g/mol. The van der Waals surface area contributed by atoms with E-state index in [9.17, 15) is 9.59 Å². The molecule has 132 valence electrons. The number of pyridine rings is 2. The molecular weight excluding hydrogens is 326 g/mol. The Morgan fingerprint density at radius 2 is 1.85 bits per heavy atom. The zero-order chi connectivity index (χ0) is 18.5. The van der Waals surface area contributed by atoms with Crippen molar-refractivity contribution in [2.75, 3.05) is 0 Å². The molecular formula is C21H21N3O2. The van der Waals surface area contributed by atoms with Gasteiger partial charge in [0.25, 0.3) is 11.5 Å². The first-order valence-electron chi connectivity index (χ1n) is 8.50. The predicted octanol–water partition coefficient (Wildman–Crippen LogP) is 3.10. The van der Waals surface area contributed by atoms with E-state index < -0.39 is 11.5 Å². The normalized spacial score (nSPS) is 11.8. The van der Waals surface area contributed by atoms with Crippen LogP contribution in [0.3, 0.4) is 0 Å². The highest BCUT2D eigenvalue weighted by atomic mass is 16.2. The molecule has 3 aromatic rings. The number of aryl methyl sites for hydroxylation is 2. The minimum atomic E-state index is -0.408. The number of H-pyrrole nitrogens is 1. The highest BCUT2D eigenvalue weighted by Gasteiger charge is 2.19. The predicted molar refractivity (Wildman–Crippen MR) is 101 cm³/mol.